The van der Waals surface area contributed by atoms with E-state index in [1.165, 1.54) is 0 Å². The second-order valence-corrected chi connectivity index (χ2v) is 7.75. The number of amides is 2. The minimum Gasteiger partial charge on any atom is -0.353 e. The molecule has 152 valence electrons. The molecule has 2 amide bonds. The summed E-state index contributed by atoms with van der Waals surface area (Å²) in [6, 6.07) is 13.6. The Bertz CT molecular complexity index is 845. The topological polar surface area (TPSA) is 69.6 Å². The number of piperidine rings is 1. The smallest absolute Gasteiger partial charge is 0.228 e. The van der Waals surface area contributed by atoms with Gasteiger partial charge in [0.15, 0.2) is 5.82 Å². The Hall–Kier alpha value is -2.96. The summed E-state index contributed by atoms with van der Waals surface area (Å²) in [6.07, 6.45) is 3.59. The van der Waals surface area contributed by atoms with E-state index >= 15 is 0 Å². The summed E-state index contributed by atoms with van der Waals surface area (Å²) in [4.78, 5) is 31.8. The van der Waals surface area contributed by atoms with E-state index in [2.05, 4.69) is 15.1 Å². The molecule has 0 saturated carbocycles. The van der Waals surface area contributed by atoms with Crippen LogP contribution in [-0.4, -0.2) is 65.0 Å². The highest BCUT2D eigenvalue weighted by Gasteiger charge is 2.40. The van der Waals surface area contributed by atoms with Crippen molar-refractivity contribution < 1.29 is 9.59 Å². The Morgan fingerprint density at radius 2 is 1.86 bits per heavy atom. The van der Waals surface area contributed by atoms with Gasteiger partial charge in [-0.05, 0) is 30.5 Å². The standard InChI is InChI=1S/C22H27N5O2/c1-25-20(28)11-10-18(21(25)17-7-3-2-4-8-17)22(29)27-14-6-13-26(15-16-27)19-9-5-12-23-24-19/h2-5,7-9,12,18,21H,6,10-11,13-16H2,1H3. The lowest BCUT2D eigenvalue weighted by Gasteiger charge is -2.40. The van der Waals surface area contributed by atoms with E-state index < -0.39 is 0 Å². The maximum absolute atomic E-state index is 13.5. The van der Waals surface area contributed by atoms with Crippen LogP contribution in [-0.2, 0) is 9.59 Å². The Morgan fingerprint density at radius 1 is 1.03 bits per heavy atom. The molecule has 1 aromatic heterocycles. The van der Waals surface area contributed by atoms with Crippen molar-refractivity contribution in [3.05, 3.63) is 54.2 Å². The van der Waals surface area contributed by atoms with E-state index in [0.717, 1.165) is 37.4 Å². The fourth-order valence-electron chi connectivity index (χ4n) is 4.47. The minimum absolute atomic E-state index is 0.104. The van der Waals surface area contributed by atoms with Crippen LogP contribution in [0.3, 0.4) is 0 Å². The molecule has 2 atom stereocenters. The normalized spacial score (nSPS) is 23.1. The molecular weight excluding hydrogens is 366 g/mol. The molecule has 0 bridgehead atoms. The predicted octanol–water partition coefficient (Wildman–Crippen LogP) is 2.12. The zero-order valence-electron chi connectivity index (χ0n) is 16.8. The Balaban J connectivity index is 1.51. The molecule has 1 aromatic carbocycles. The van der Waals surface area contributed by atoms with Crippen molar-refractivity contribution in [2.24, 2.45) is 5.92 Å². The second-order valence-electron chi connectivity index (χ2n) is 7.75. The second kappa shape index (κ2) is 8.59. The molecule has 0 radical (unpaired) electrons. The lowest BCUT2D eigenvalue weighted by molar-refractivity contribution is -0.146. The number of anilines is 1. The number of rotatable bonds is 3. The summed E-state index contributed by atoms with van der Waals surface area (Å²) in [5.41, 5.74) is 1.03. The Labute approximate surface area is 171 Å². The van der Waals surface area contributed by atoms with Crippen LogP contribution in [0.15, 0.2) is 48.7 Å². The molecule has 0 N–H and O–H groups in total. The van der Waals surface area contributed by atoms with Crippen LogP contribution < -0.4 is 4.90 Å². The summed E-state index contributed by atoms with van der Waals surface area (Å²) in [6.45, 7) is 2.98. The third-order valence-electron chi connectivity index (χ3n) is 6.01. The largest absolute Gasteiger partial charge is 0.353 e. The summed E-state index contributed by atoms with van der Waals surface area (Å²) in [5, 5.41) is 8.17. The molecule has 3 heterocycles. The van der Waals surface area contributed by atoms with E-state index in [1.807, 2.05) is 54.4 Å². The summed E-state index contributed by atoms with van der Waals surface area (Å²) >= 11 is 0. The maximum atomic E-state index is 13.5. The van der Waals surface area contributed by atoms with Crippen LogP contribution in [0.25, 0.3) is 0 Å². The van der Waals surface area contributed by atoms with Crippen molar-refractivity contribution in [1.29, 1.82) is 0 Å². The van der Waals surface area contributed by atoms with Gasteiger partial charge in [-0.1, -0.05) is 30.3 Å². The molecule has 2 saturated heterocycles. The minimum atomic E-state index is -0.205. The molecule has 0 aliphatic carbocycles. The lowest BCUT2D eigenvalue weighted by Crippen LogP contribution is -2.48. The van der Waals surface area contributed by atoms with Crippen molar-refractivity contribution in [3.63, 3.8) is 0 Å². The molecule has 2 aromatic rings. The summed E-state index contributed by atoms with van der Waals surface area (Å²) in [7, 11) is 1.82. The number of nitrogens with zero attached hydrogens (tertiary/aromatic N) is 5. The van der Waals surface area contributed by atoms with Gasteiger partial charge in [-0.3, -0.25) is 9.59 Å². The molecular formula is C22H27N5O2. The molecule has 2 aliphatic heterocycles. The third kappa shape index (κ3) is 4.09. The molecule has 4 rings (SSSR count). The first-order chi connectivity index (χ1) is 14.1. The highest BCUT2D eigenvalue weighted by Crippen LogP contribution is 2.37. The molecule has 7 heteroatoms. The quantitative estimate of drug-likeness (QED) is 0.799. The molecule has 29 heavy (non-hydrogen) atoms. The first-order valence-corrected chi connectivity index (χ1v) is 10.3. The van der Waals surface area contributed by atoms with Crippen molar-refractivity contribution in [3.8, 4) is 0 Å². The molecule has 2 fully saturated rings. The zero-order chi connectivity index (χ0) is 20.2. The van der Waals surface area contributed by atoms with Crippen LogP contribution in [0.1, 0.15) is 30.9 Å². The monoisotopic (exact) mass is 393 g/mol. The third-order valence-corrected chi connectivity index (χ3v) is 6.01. The van der Waals surface area contributed by atoms with Gasteiger partial charge in [0.05, 0.1) is 12.0 Å². The van der Waals surface area contributed by atoms with Crippen LogP contribution in [0.4, 0.5) is 5.82 Å². The average Bonchev–Trinajstić information content (AvgIpc) is 3.02. The van der Waals surface area contributed by atoms with Gasteiger partial charge in [0, 0.05) is 45.8 Å². The van der Waals surface area contributed by atoms with E-state index in [9.17, 15) is 9.59 Å². The number of aromatic nitrogens is 2. The van der Waals surface area contributed by atoms with E-state index in [4.69, 9.17) is 0 Å². The number of hydrogen-bond donors (Lipinski definition) is 0. The summed E-state index contributed by atoms with van der Waals surface area (Å²) < 4.78 is 0. The van der Waals surface area contributed by atoms with Crippen molar-refractivity contribution in [2.75, 3.05) is 38.1 Å². The van der Waals surface area contributed by atoms with Crippen molar-refractivity contribution in [1.82, 2.24) is 20.0 Å². The van der Waals surface area contributed by atoms with E-state index in [-0.39, 0.29) is 23.8 Å². The number of benzene rings is 1. The fourth-order valence-corrected chi connectivity index (χ4v) is 4.47. The average molecular weight is 393 g/mol. The van der Waals surface area contributed by atoms with Crippen molar-refractivity contribution in [2.45, 2.75) is 25.3 Å². The first kappa shape index (κ1) is 19.4. The van der Waals surface area contributed by atoms with Gasteiger partial charge in [-0.25, -0.2) is 0 Å². The predicted molar refractivity (Wildman–Crippen MR) is 110 cm³/mol. The van der Waals surface area contributed by atoms with Gasteiger partial charge in [0.2, 0.25) is 11.8 Å². The molecule has 7 nitrogen and oxygen atoms in total. The highest BCUT2D eigenvalue weighted by molar-refractivity contribution is 5.85. The maximum Gasteiger partial charge on any atom is 0.228 e. The number of carbonyl (C=O) groups excluding carboxylic acids is 2. The lowest BCUT2D eigenvalue weighted by atomic mass is 9.83. The number of hydrogen-bond acceptors (Lipinski definition) is 5. The van der Waals surface area contributed by atoms with Crippen molar-refractivity contribution >= 4 is 17.6 Å². The van der Waals surface area contributed by atoms with Gasteiger partial charge in [-0.2, -0.15) is 5.10 Å². The van der Waals surface area contributed by atoms with E-state index in [0.29, 0.717) is 19.4 Å². The summed E-state index contributed by atoms with van der Waals surface area (Å²) in [5.74, 6) is 0.905. The number of carbonyl (C=O) groups is 2. The van der Waals surface area contributed by atoms with Gasteiger partial charge in [-0.15, -0.1) is 5.10 Å². The SMILES string of the molecule is CN1C(=O)CCC(C(=O)N2CCCN(c3cccnn3)CC2)C1c1ccccc1. The first-order valence-electron chi connectivity index (χ1n) is 10.3. The van der Waals surface area contributed by atoms with Gasteiger partial charge >= 0.3 is 0 Å². The van der Waals surface area contributed by atoms with Gasteiger partial charge < -0.3 is 14.7 Å². The highest BCUT2D eigenvalue weighted by atomic mass is 16.2. The molecule has 2 unspecified atom stereocenters. The van der Waals surface area contributed by atoms with Gasteiger partial charge in [0.25, 0.3) is 0 Å². The van der Waals surface area contributed by atoms with Gasteiger partial charge in [0.1, 0.15) is 0 Å². The fraction of sp³-hybridized carbons (Fsp3) is 0.455. The molecule has 2 aliphatic rings. The van der Waals surface area contributed by atoms with Crippen LogP contribution in [0, 0.1) is 5.92 Å². The van der Waals surface area contributed by atoms with E-state index in [1.54, 1.807) is 11.1 Å². The zero-order valence-corrected chi connectivity index (χ0v) is 16.8. The Kier molecular flexibility index (Phi) is 5.74. The number of likely N-dealkylation sites (tertiary alicyclic amines) is 1. The van der Waals surface area contributed by atoms with Crippen LogP contribution in [0.5, 0.6) is 0 Å². The Morgan fingerprint density at radius 3 is 2.62 bits per heavy atom. The van der Waals surface area contributed by atoms with Crippen LogP contribution in [0.2, 0.25) is 0 Å². The molecule has 0 spiro atoms. The van der Waals surface area contributed by atoms with Crippen LogP contribution >= 0.6 is 0 Å².